The summed E-state index contributed by atoms with van der Waals surface area (Å²) in [6, 6.07) is 0. The van der Waals surface area contributed by atoms with Crippen LogP contribution < -0.4 is 0 Å². The Kier molecular flexibility index (Phi) is 18.3. The maximum absolute atomic E-state index is 11.8. The summed E-state index contributed by atoms with van der Waals surface area (Å²) < 4.78 is 46.9. The first-order valence-electron chi connectivity index (χ1n) is 19.3. The van der Waals surface area contributed by atoms with Crippen LogP contribution in [0.15, 0.2) is 34.9 Å². The van der Waals surface area contributed by atoms with Gasteiger partial charge in [-0.05, 0) is 67.2 Å². The zero-order chi connectivity index (χ0) is 41.4. The third kappa shape index (κ3) is 12.3. The number of allylic oxidation sites excluding steroid dienone is 5. The topological polar surface area (TPSA) is 276 Å². The zero-order valence-corrected chi connectivity index (χ0v) is 32.9. The molecule has 10 N–H and O–H groups in total. The van der Waals surface area contributed by atoms with E-state index in [0.717, 1.165) is 31.3 Å². The van der Waals surface area contributed by atoms with Crippen molar-refractivity contribution >= 4 is 0 Å². The predicted octanol–water partition coefficient (Wildman–Crippen LogP) is -1.61. The average Bonchev–Trinajstić information content (AvgIpc) is 3.15. The van der Waals surface area contributed by atoms with Crippen molar-refractivity contribution < 1.29 is 89.0 Å². The van der Waals surface area contributed by atoms with Gasteiger partial charge in [0.1, 0.15) is 79.4 Å². The van der Waals surface area contributed by atoms with Crippen molar-refractivity contribution in [3.05, 3.63) is 34.9 Å². The van der Waals surface area contributed by atoms with Gasteiger partial charge in [0.15, 0.2) is 25.2 Å². The lowest BCUT2D eigenvalue weighted by Crippen LogP contribution is -2.66. The van der Waals surface area contributed by atoms with E-state index >= 15 is 0 Å². The Morgan fingerprint density at radius 1 is 0.536 bits per heavy atom. The maximum atomic E-state index is 11.8. The fourth-order valence-corrected chi connectivity index (χ4v) is 6.76. The van der Waals surface area contributed by atoms with Gasteiger partial charge in [-0.3, -0.25) is 0 Å². The van der Waals surface area contributed by atoms with E-state index in [1.807, 2.05) is 13.0 Å². The fraction of sp³-hybridized carbons (Fsp3) is 0.842. The normalized spacial score (nSPS) is 44.1. The fourth-order valence-electron chi connectivity index (χ4n) is 6.76. The summed E-state index contributed by atoms with van der Waals surface area (Å²) in [7, 11) is 0. The minimum Gasteiger partial charge on any atom is -0.388 e. The molecule has 0 radical (unpaired) electrons. The summed E-state index contributed by atoms with van der Waals surface area (Å²) in [6.45, 7) is 10.1. The van der Waals surface area contributed by atoms with E-state index in [1.165, 1.54) is 25.0 Å². The Balaban J connectivity index is 1.58. The molecule has 56 heavy (non-hydrogen) atoms. The first-order valence-corrected chi connectivity index (χ1v) is 19.3. The molecule has 19 unspecified atom stereocenters. The molecule has 0 spiro atoms. The molecule has 0 aromatic rings. The number of aliphatic hydroxyl groups is 10. The van der Waals surface area contributed by atoms with Gasteiger partial charge >= 0.3 is 0 Å². The van der Waals surface area contributed by atoms with Crippen LogP contribution in [0.3, 0.4) is 0 Å². The predicted molar refractivity (Wildman–Crippen MR) is 194 cm³/mol. The zero-order valence-electron chi connectivity index (χ0n) is 32.9. The van der Waals surface area contributed by atoms with Crippen LogP contribution in [0.2, 0.25) is 0 Å². The van der Waals surface area contributed by atoms with Crippen molar-refractivity contribution in [1.29, 1.82) is 0 Å². The molecule has 0 amide bonds. The molecular formula is C38H64O18. The largest absolute Gasteiger partial charge is 0.388 e. The first-order chi connectivity index (χ1) is 26.4. The monoisotopic (exact) mass is 808 g/mol. The van der Waals surface area contributed by atoms with Crippen LogP contribution in [0.25, 0.3) is 0 Å². The molecule has 0 saturated carbocycles. The summed E-state index contributed by atoms with van der Waals surface area (Å²) in [4.78, 5) is 0. The smallest absolute Gasteiger partial charge is 0.187 e. The second-order valence-electron chi connectivity index (χ2n) is 15.5. The minimum absolute atomic E-state index is 0.0542. The SMILES string of the molecule is CC(C)=CCCC(C)=CCCC(C)=CCOC1OC(COC2OC(C)C(O)C(O)C2O)C(O)C(OC2OCC(O)C(O)C2O)C1OC1OC(C)C(O)C(O)C1O. The molecule has 4 heterocycles. The second kappa shape index (κ2) is 21.7. The second-order valence-corrected chi connectivity index (χ2v) is 15.5. The third-order valence-electron chi connectivity index (χ3n) is 10.5. The molecule has 18 nitrogen and oxygen atoms in total. The van der Waals surface area contributed by atoms with Crippen molar-refractivity contribution in [1.82, 2.24) is 0 Å². The molecule has 4 fully saturated rings. The lowest BCUT2D eigenvalue weighted by atomic mass is 9.96. The van der Waals surface area contributed by atoms with Crippen LogP contribution in [0.5, 0.6) is 0 Å². The molecule has 0 aliphatic carbocycles. The Morgan fingerprint density at radius 2 is 1.07 bits per heavy atom. The molecule has 4 aliphatic rings. The van der Waals surface area contributed by atoms with Gasteiger partial charge in [-0.15, -0.1) is 0 Å². The highest BCUT2D eigenvalue weighted by Gasteiger charge is 2.54. The maximum Gasteiger partial charge on any atom is 0.187 e. The minimum atomic E-state index is -1.80. The standard InChI is InChI=1S/C38H64O18/c1-17(2)9-7-10-18(3)11-8-12-19(4)13-14-49-38-34(56-37-32(48)29(45)25(41)21(6)53-37)33(55-36-30(46)26(42)22(39)15-50-36)27(43)23(54-38)16-51-35-31(47)28(44)24(40)20(5)52-35/h9,11,13,20-48H,7-8,10,12,14-16H2,1-6H3. The third-order valence-corrected chi connectivity index (χ3v) is 10.5. The molecule has 4 saturated heterocycles. The summed E-state index contributed by atoms with van der Waals surface area (Å²) in [6.07, 6.45) is -19.2. The van der Waals surface area contributed by atoms with Crippen molar-refractivity contribution in [3.63, 3.8) is 0 Å². The molecule has 0 aromatic carbocycles. The molecular weight excluding hydrogens is 744 g/mol. The number of ether oxygens (including phenoxy) is 8. The van der Waals surface area contributed by atoms with Gasteiger partial charge in [-0.25, -0.2) is 0 Å². The van der Waals surface area contributed by atoms with Crippen molar-refractivity contribution in [2.75, 3.05) is 19.8 Å². The lowest BCUT2D eigenvalue weighted by molar-refractivity contribution is -0.388. The first kappa shape index (κ1) is 47.2. The van der Waals surface area contributed by atoms with Gasteiger partial charge in [0, 0.05) is 0 Å². The van der Waals surface area contributed by atoms with Gasteiger partial charge in [-0.2, -0.15) is 0 Å². The van der Waals surface area contributed by atoms with E-state index in [9.17, 15) is 51.1 Å². The summed E-state index contributed by atoms with van der Waals surface area (Å²) in [5.41, 5.74) is 3.54. The lowest BCUT2D eigenvalue weighted by Gasteiger charge is -2.48. The van der Waals surface area contributed by atoms with Crippen molar-refractivity contribution in [2.45, 2.75) is 184 Å². The highest BCUT2D eigenvalue weighted by molar-refractivity contribution is 5.06. The number of aliphatic hydroxyl groups excluding tert-OH is 10. The number of hydrogen-bond donors (Lipinski definition) is 10. The Hall–Kier alpha value is -1.50. The van der Waals surface area contributed by atoms with Gasteiger partial charge in [0.25, 0.3) is 0 Å². The Labute approximate surface area is 327 Å². The Morgan fingerprint density at radius 3 is 1.70 bits per heavy atom. The number of hydrogen-bond acceptors (Lipinski definition) is 18. The van der Waals surface area contributed by atoms with E-state index in [1.54, 1.807) is 0 Å². The Bertz CT molecular complexity index is 1290. The molecule has 19 atom stereocenters. The van der Waals surface area contributed by atoms with Crippen LogP contribution in [0.1, 0.15) is 67.2 Å². The molecule has 4 rings (SSSR count). The van der Waals surface area contributed by atoms with Gasteiger partial charge in [-0.1, -0.05) is 34.9 Å². The average molecular weight is 809 g/mol. The van der Waals surface area contributed by atoms with Gasteiger partial charge in [0.2, 0.25) is 0 Å². The van der Waals surface area contributed by atoms with E-state index in [-0.39, 0.29) is 6.61 Å². The van der Waals surface area contributed by atoms with Crippen LogP contribution in [-0.4, -0.2) is 188 Å². The highest BCUT2D eigenvalue weighted by Crippen LogP contribution is 2.34. The van der Waals surface area contributed by atoms with E-state index in [0.29, 0.717) is 0 Å². The van der Waals surface area contributed by atoms with Crippen LogP contribution in [-0.2, 0) is 37.9 Å². The quantitative estimate of drug-likeness (QED) is 0.0786. The highest BCUT2D eigenvalue weighted by atomic mass is 16.8. The molecule has 0 aromatic heterocycles. The van der Waals surface area contributed by atoms with E-state index in [4.69, 9.17) is 37.9 Å². The van der Waals surface area contributed by atoms with Crippen LogP contribution >= 0.6 is 0 Å². The molecule has 324 valence electrons. The summed E-state index contributed by atoms with van der Waals surface area (Å²) >= 11 is 0. The summed E-state index contributed by atoms with van der Waals surface area (Å²) in [5, 5.41) is 106. The van der Waals surface area contributed by atoms with Gasteiger partial charge in [0.05, 0.1) is 32.0 Å². The van der Waals surface area contributed by atoms with Crippen molar-refractivity contribution in [3.8, 4) is 0 Å². The molecule has 18 heteroatoms. The number of rotatable bonds is 16. The van der Waals surface area contributed by atoms with Crippen LogP contribution in [0.4, 0.5) is 0 Å². The molecule has 0 bridgehead atoms. The molecule has 4 aliphatic heterocycles. The van der Waals surface area contributed by atoms with E-state index < -0.39 is 130 Å². The van der Waals surface area contributed by atoms with Gasteiger partial charge < -0.3 is 89.0 Å². The van der Waals surface area contributed by atoms with Crippen molar-refractivity contribution in [2.24, 2.45) is 0 Å². The van der Waals surface area contributed by atoms with E-state index in [2.05, 4.69) is 32.9 Å². The van der Waals surface area contributed by atoms with Crippen LogP contribution in [0, 0.1) is 0 Å². The summed E-state index contributed by atoms with van der Waals surface area (Å²) in [5.74, 6) is 0.